The van der Waals surface area contributed by atoms with Crippen molar-refractivity contribution in [3.05, 3.63) is 179 Å². The summed E-state index contributed by atoms with van der Waals surface area (Å²) in [4.78, 5) is 0. The van der Waals surface area contributed by atoms with Gasteiger partial charge in [-0.3, -0.25) is 0 Å². The Morgan fingerprint density at radius 3 is 1.61 bits per heavy atom. The molecule has 11 nitrogen and oxygen atoms in total. The van der Waals surface area contributed by atoms with Gasteiger partial charge >= 0.3 is 0 Å². The molecule has 3 aliphatic heterocycles. The van der Waals surface area contributed by atoms with Crippen LogP contribution in [-0.4, -0.2) is 86.3 Å². The lowest BCUT2D eigenvalue weighted by Gasteiger charge is -2.51. The lowest BCUT2D eigenvalue weighted by molar-refractivity contribution is -0.397. The molecule has 3 heterocycles. The number of hydrogen-bond donors (Lipinski definition) is 1. The summed E-state index contributed by atoms with van der Waals surface area (Å²) in [6.07, 6.45) is -2.83. The molecular formula is C55H66O11. The quantitative estimate of drug-likeness (QED) is 0.0598. The molecule has 0 aliphatic carbocycles. The predicted octanol–water partition coefficient (Wildman–Crippen LogP) is 9.65. The molecule has 352 valence electrons. The number of rotatable bonds is 24. The van der Waals surface area contributed by atoms with E-state index in [0.717, 1.165) is 47.1 Å². The van der Waals surface area contributed by atoms with Crippen LogP contribution in [0.15, 0.2) is 152 Å². The van der Waals surface area contributed by atoms with Crippen LogP contribution in [0.5, 0.6) is 0 Å². The largest absolute Gasteiger partial charge is 0.385 e. The first kappa shape index (κ1) is 48.1. The molecule has 11 atom stereocenters. The van der Waals surface area contributed by atoms with Crippen LogP contribution >= 0.6 is 0 Å². The Balaban J connectivity index is 1.12. The molecule has 5 aromatic rings. The van der Waals surface area contributed by atoms with E-state index in [1.807, 2.05) is 152 Å². The minimum absolute atomic E-state index is 0.150. The fraction of sp³-hybridized carbons (Fsp3) is 0.455. The smallest absolute Gasteiger partial charge is 0.187 e. The maximum absolute atomic E-state index is 12.4. The molecular weight excluding hydrogens is 837 g/mol. The second-order valence-corrected chi connectivity index (χ2v) is 17.3. The van der Waals surface area contributed by atoms with Crippen LogP contribution in [0.4, 0.5) is 0 Å². The van der Waals surface area contributed by atoms with Gasteiger partial charge in [0.2, 0.25) is 0 Å². The van der Waals surface area contributed by atoms with Crippen molar-refractivity contribution in [2.45, 2.75) is 140 Å². The zero-order valence-corrected chi connectivity index (χ0v) is 38.0. The fourth-order valence-corrected chi connectivity index (χ4v) is 8.73. The summed E-state index contributed by atoms with van der Waals surface area (Å²) in [5, 5.41) is 12.4. The molecule has 66 heavy (non-hydrogen) atoms. The van der Waals surface area contributed by atoms with E-state index < -0.39 is 67.7 Å². The minimum atomic E-state index is -1.26. The van der Waals surface area contributed by atoms with Crippen molar-refractivity contribution in [3.8, 4) is 0 Å². The third kappa shape index (κ3) is 13.6. The summed E-state index contributed by atoms with van der Waals surface area (Å²) < 4.78 is 67.2. The summed E-state index contributed by atoms with van der Waals surface area (Å²) >= 11 is 0. The lowest BCUT2D eigenvalue weighted by atomic mass is 9.95. The van der Waals surface area contributed by atoms with Crippen LogP contribution < -0.4 is 0 Å². The Bertz CT molecular complexity index is 2060. The molecule has 3 saturated heterocycles. The van der Waals surface area contributed by atoms with Crippen molar-refractivity contribution in [2.24, 2.45) is 0 Å². The summed E-state index contributed by atoms with van der Waals surface area (Å²) in [6, 6.07) is 49.8. The summed E-state index contributed by atoms with van der Waals surface area (Å²) in [5.74, 6) is 0. The number of fused-ring (bicyclic) bond motifs is 1. The van der Waals surface area contributed by atoms with Crippen LogP contribution in [0.25, 0.3) is 0 Å². The highest BCUT2D eigenvalue weighted by Crippen LogP contribution is 2.39. The van der Waals surface area contributed by atoms with Gasteiger partial charge in [-0.15, -0.1) is 0 Å². The van der Waals surface area contributed by atoms with Crippen molar-refractivity contribution < 1.29 is 52.5 Å². The van der Waals surface area contributed by atoms with Crippen LogP contribution in [-0.2, 0) is 73.8 Å². The second kappa shape index (κ2) is 25.7. The summed E-state index contributed by atoms with van der Waals surface area (Å²) in [7, 11) is 0. The minimum Gasteiger partial charge on any atom is -0.385 e. The Labute approximate surface area is 390 Å². The van der Waals surface area contributed by atoms with Crippen LogP contribution in [0, 0.1) is 0 Å². The topological polar surface area (TPSA) is 113 Å². The van der Waals surface area contributed by atoms with Gasteiger partial charge in [-0.05, 0) is 28.7 Å². The van der Waals surface area contributed by atoms with E-state index in [0.29, 0.717) is 19.8 Å². The van der Waals surface area contributed by atoms with Crippen LogP contribution in [0.2, 0.25) is 0 Å². The molecule has 0 aromatic heterocycles. The third-order valence-corrected chi connectivity index (χ3v) is 12.3. The number of unbranched alkanes of at least 4 members (excludes halogenated alkanes) is 5. The van der Waals surface area contributed by atoms with Gasteiger partial charge in [0.15, 0.2) is 18.9 Å². The first-order valence-electron chi connectivity index (χ1n) is 23.8. The van der Waals surface area contributed by atoms with Crippen molar-refractivity contribution in [3.63, 3.8) is 0 Å². The zero-order valence-electron chi connectivity index (χ0n) is 38.0. The van der Waals surface area contributed by atoms with E-state index in [2.05, 4.69) is 6.92 Å². The van der Waals surface area contributed by atoms with Gasteiger partial charge in [-0.1, -0.05) is 191 Å². The number of benzene rings is 5. The SMILES string of the molecule is CCCCCCCCO[C@H]1O[C@@H]2COC(c3ccccc3)O[C@H]2[C@H](O[C@H]2O[C@H](COCc3ccccc3)[C@@H](OCc3ccccc3)[C@H](OCc3ccccc3)[C@H]2OCc2ccccc2)[C@H]1O. The normalized spacial score (nSPS) is 27.6. The molecule has 0 radical (unpaired) electrons. The highest BCUT2D eigenvalue weighted by molar-refractivity contribution is 5.18. The van der Waals surface area contributed by atoms with Gasteiger partial charge in [0, 0.05) is 12.2 Å². The number of aliphatic hydroxyl groups excluding tert-OH is 1. The molecule has 3 aliphatic rings. The highest BCUT2D eigenvalue weighted by Gasteiger charge is 2.55. The first-order valence-corrected chi connectivity index (χ1v) is 23.8. The van der Waals surface area contributed by atoms with Crippen molar-refractivity contribution >= 4 is 0 Å². The van der Waals surface area contributed by atoms with Crippen molar-refractivity contribution in [1.82, 2.24) is 0 Å². The lowest BCUT2D eigenvalue weighted by Crippen LogP contribution is -2.67. The molecule has 0 amide bonds. The van der Waals surface area contributed by atoms with Crippen LogP contribution in [0.3, 0.4) is 0 Å². The van der Waals surface area contributed by atoms with Crippen molar-refractivity contribution in [1.29, 1.82) is 0 Å². The third-order valence-electron chi connectivity index (χ3n) is 12.3. The first-order chi connectivity index (χ1) is 32.6. The van der Waals surface area contributed by atoms with Crippen molar-refractivity contribution in [2.75, 3.05) is 19.8 Å². The van der Waals surface area contributed by atoms with Crippen LogP contribution in [0.1, 0.15) is 79.6 Å². The average molecular weight is 903 g/mol. The number of ether oxygens (including phenoxy) is 10. The van der Waals surface area contributed by atoms with E-state index in [4.69, 9.17) is 47.4 Å². The fourth-order valence-electron chi connectivity index (χ4n) is 8.73. The van der Waals surface area contributed by atoms with Gasteiger partial charge in [0.1, 0.15) is 48.8 Å². The van der Waals surface area contributed by atoms with Gasteiger partial charge in [0.05, 0.1) is 39.6 Å². The molecule has 0 spiro atoms. The molecule has 11 heteroatoms. The van der Waals surface area contributed by atoms with Gasteiger partial charge < -0.3 is 52.5 Å². The summed E-state index contributed by atoms with van der Waals surface area (Å²) in [5.41, 5.74) is 4.80. The maximum Gasteiger partial charge on any atom is 0.187 e. The molecule has 0 bridgehead atoms. The van der Waals surface area contributed by atoms with E-state index in [1.165, 1.54) is 19.3 Å². The monoisotopic (exact) mass is 902 g/mol. The maximum atomic E-state index is 12.4. The van der Waals surface area contributed by atoms with Gasteiger partial charge in [-0.2, -0.15) is 0 Å². The highest BCUT2D eigenvalue weighted by atomic mass is 16.8. The Morgan fingerprint density at radius 2 is 1.02 bits per heavy atom. The molecule has 8 rings (SSSR count). The van der Waals surface area contributed by atoms with E-state index >= 15 is 0 Å². The second-order valence-electron chi connectivity index (χ2n) is 17.3. The number of hydrogen-bond acceptors (Lipinski definition) is 11. The molecule has 5 aromatic carbocycles. The number of aliphatic hydroxyl groups is 1. The van der Waals surface area contributed by atoms with E-state index in [1.54, 1.807) is 0 Å². The standard InChI is InChI=1S/C55H66O11/c1-2-3-4-5-6-22-33-58-54-47(56)50(49-46(63-54)39-62-53(65-49)44-31-20-11-21-32-44)66-55-52(61-37-43-29-18-10-19-30-43)51(60-36-42-27-16-9-17-28-42)48(59-35-41-25-14-8-15-26-41)45(64-55)38-57-34-40-23-12-7-13-24-40/h7-21,23-32,45-56H,2-6,22,33-39H2,1H3/t45-,46-,47-,48-,49-,50-,51+,52-,53?,54+,55-/m1/s1. The summed E-state index contributed by atoms with van der Waals surface area (Å²) in [6.45, 7) is 4.13. The van der Waals surface area contributed by atoms with E-state index in [-0.39, 0.29) is 26.4 Å². The predicted molar refractivity (Wildman–Crippen MR) is 249 cm³/mol. The Hall–Kier alpha value is -4.34. The Kier molecular flexibility index (Phi) is 18.7. The molecule has 3 fully saturated rings. The van der Waals surface area contributed by atoms with E-state index in [9.17, 15) is 5.11 Å². The zero-order chi connectivity index (χ0) is 45.2. The average Bonchev–Trinajstić information content (AvgIpc) is 3.37. The van der Waals surface area contributed by atoms with Gasteiger partial charge in [0.25, 0.3) is 0 Å². The molecule has 1 unspecified atom stereocenters. The Morgan fingerprint density at radius 1 is 0.500 bits per heavy atom. The van der Waals surface area contributed by atoms with Gasteiger partial charge in [-0.25, -0.2) is 0 Å². The molecule has 1 N–H and O–H groups in total. The molecule has 0 saturated carbocycles.